The van der Waals surface area contributed by atoms with Crippen LogP contribution in [0.4, 0.5) is 0 Å². The van der Waals surface area contributed by atoms with E-state index in [1.54, 1.807) is 55.6 Å². The van der Waals surface area contributed by atoms with E-state index in [4.69, 9.17) is 0 Å². The van der Waals surface area contributed by atoms with E-state index in [1.165, 1.54) is 70.6 Å². The molecule has 0 aliphatic heterocycles. The Morgan fingerprint density at radius 2 is 0.746 bits per heavy atom. The summed E-state index contributed by atoms with van der Waals surface area (Å²) in [5.41, 5.74) is 15.9. The lowest BCUT2D eigenvalue weighted by atomic mass is 9.77. The minimum Gasteiger partial charge on any atom is -0.0776 e. The van der Waals surface area contributed by atoms with Gasteiger partial charge < -0.3 is 0 Å². The Labute approximate surface area is 444 Å². The van der Waals surface area contributed by atoms with E-state index in [0.717, 1.165) is 71.0 Å². The van der Waals surface area contributed by atoms with Gasteiger partial charge in [0.1, 0.15) is 0 Å². The van der Waals surface area contributed by atoms with Gasteiger partial charge in [-0.2, -0.15) is 0 Å². The maximum Gasteiger partial charge on any atom is -0.0107 e. The Morgan fingerprint density at radius 3 is 1.18 bits per heavy atom. The second-order valence-corrected chi connectivity index (χ2v) is 22.7. The molecule has 0 bridgehead atoms. The van der Waals surface area contributed by atoms with Crippen LogP contribution in [-0.2, 0) is 44.9 Å². The fourth-order valence-corrected chi connectivity index (χ4v) is 12.6. The van der Waals surface area contributed by atoms with Crippen molar-refractivity contribution >= 4 is 0 Å². The fourth-order valence-electron chi connectivity index (χ4n) is 12.6. The molecule has 5 atom stereocenters. The van der Waals surface area contributed by atoms with Gasteiger partial charge in [-0.3, -0.25) is 0 Å². The summed E-state index contributed by atoms with van der Waals surface area (Å²) in [4.78, 5) is 0. The van der Waals surface area contributed by atoms with Gasteiger partial charge in [0.25, 0.3) is 0 Å². The third kappa shape index (κ3) is 17.9. The smallest absolute Gasteiger partial charge is 0.0107 e. The summed E-state index contributed by atoms with van der Waals surface area (Å²) < 4.78 is 0. The Hall–Kier alpha value is -3.90. The highest BCUT2D eigenvalue weighted by atomic mass is 14.4. The van der Waals surface area contributed by atoms with Gasteiger partial charge in [0.15, 0.2) is 0 Å². The zero-order chi connectivity index (χ0) is 46.6. The normalized spacial score (nSPS) is 20.0. The quantitative estimate of drug-likeness (QED) is 0.154. The summed E-state index contributed by atoms with van der Waals surface area (Å²) in [6.07, 6.45) is 14.6. The van der Waals surface area contributed by atoms with Gasteiger partial charge in [-0.15, -0.1) is 0 Å². The fraction of sp³-hybridized carbons (Fsp3) is 0.577. The summed E-state index contributed by atoms with van der Waals surface area (Å²) in [6, 6.07) is 44.6. The second kappa shape index (κ2) is 32.3. The van der Waals surface area contributed by atoms with E-state index in [-0.39, 0.29) is 44.6 Å². The SMILES string of the molecule is C.C.C.C.C.C.CC(C)C1CCCc2ccccc21.CC(C)C1CCc2ccccc2CC1.CC(C)C1Cc2ccccc2C1.CC(C)C1Cc2ccccc2C1C.CC(C)C1c2ccccc2CC1C. The van der Waals surface area contributed by atoms with E-state index < -0.39 is 0 Å². The Morgan fingerprint density at radius 1 is 0.338 bits per heavy atom. The van der Waals surface area contributed by atoms with Crippen molar-refractivity contribution in [1.82, 2.24) is 0 Å². The van der Waals surface area contributed by atoms with Crippen molar-refractivity contribution in [3.8, 4) is 0 Å². The molecule has 0 radical (unpaired) electrons. The number of hydrogen-bond acceptors (Lipinski definition) is 0. The molecule has 10 rings (SSSR count). The average molecular weight is 968 g/mol. The summed E-state index contributed by atoms with van der Waals surface area (Å²) in [7, 11) is 0. The predicted molar refractivity (Wildman–Crippen MR) is 325 cm³/mol. The molecule has 71 heavy (non-hydrogen) atoms. The number of rotatable bonds is 5. The molecule has 0 saturated carbocycles. The van der Waals surface area contributed by atoms with Gasteiger partial charge in [0.2, 0.25) is 0 Å². The van der Waals surface area contributed by atoms with Gasteiger partial charge in [-0.1, -0.05) is 249 Å². The van der Waals surface area contributed by atoms with Crippen molar-refractivity contribution in [2.24, 2.45) is 53.3 Å². The molecule has 0 aromatic heterocycles. The van der Waals surface area contributed by atoms with E-state index >= 15 is 0 Å². The van der Waals surface area contributed by atoms with Crippen LogP contribution in [0, 0.1) is 53.3 Å². The summed E-state index contributed by atoms with van der Waals surface area (Å²) in [6.45, 7) is 28.2. The Balaban J connectivity index is 0.000000845. The van der Waals surface area contributed by atoms with Crippen LogP contribution in [0.1, 0.15) is 227 Å². The van der Waals surface area contributed by atoms with Crippen LogP contribution in [0.5, 0.6) is 0 Å². The molecule has 5 unspecified atom stereocenters. The molecule has 5 aliphatic carbocycles. The lowest BCUT2D eigenvalue weighted by Gasteiger charge is -2.28. The van der Waals surface area contributed by atoms with Crippen molar-refractivity contribution in [2.75, 3.05) is 0 Å². The number of hydrogen-bond donors (Lipinski definition) is 0. The molecule has 0 spiro atoms. The van der Waals surface area contributed by atoms with Gasteiger partial charge in [-0.25, -0.2) is 0 Å². The highest BCUT2D eigenvalue weighted by molar-refractivity contribution is 5.38. The summed E-state index contributed by atoms with van der Waals surface area (Å²) in [5.74, 6) is 9.93. The zero-order valence-corrected chi connectivity index (χ0v) is 43.3. The first kappa shape index (κ1) is 67.1. The zero-order valence-electron chi connectivity index (χ0n) is 43.3. The first-order valence-corrected chi connectivity index (χ1v) is 26.6. The topological polar surface area (TPSA) is 0 Å². The maximum atomic E-state index is 2.38. The van der Waals surface area contributed by atoms with Crippen LogP contribution in [0.3, 0.4) is 0 Å². The van der Waals surface area contributed by atoms with E-state index in [0.29, 0.717) is 0 Å². The second-order valence-electron chi connectivity index (χ2n) is 22.7. The average Bonchev–Trinajstić information content (AvgIpc) is 3.95. The molecule has 0 saturated heterocycles. The molecular weight excluding hydrogens is 853 g/mol. The van der Waals surface area contributed by atoms with Gasteiger partial charge >= 0.3 is 0 Å². The molecule has 0 heteroatoms. The van der Waals surface area contributed by atoms with Crippen molar-refractivity contribution in [2.45, 2.75) is 216 Å². The van der Waals surface area contributed by atoms with Gasteiger partial charge in [-0.05, 0) is 197 Å². The monoisotopic (exact) mass is 967 g/mol. The molecule has 0 fully saturated rings. The lowest BCUT2D eigenvalue weighted by Crippen LogP contribution is -2.14. The standard InChI is InChI=1S/C14H20.3C13H18.C12H16.6CH4/c1-11(2)12-7-9-13-5-3-4-6-14(13)10-8-12;1-9(2)13-8-11-6-4-5-7-12(11)10(13)3;1-9(2)13-10(3)8-11-6-4-5-7-12(11)13;1-10(2)12-9-5-7-11-6-3-4-8-13(11)12;1-9(2)12-7-10-5-3-4-6-11(10)8-12;;;;;;/h3-6,11-12H,7-10H2,1-2H3;2*4-7,9-10,13H,8H2,1-3H3;3-4,6,8,10,12H,5,7,9H2,1-2H3;3-6,9,12H,7-8H2,1-2H3;6*1H4. The van der Waals surface area contributed by atoms with Gasteiger partial charge in [0, 0.05) is 0 Å². The van der Waals surface area contributed by atoms with E-state index in [9.17, 15) is 0 Å². The third-order valence-electron chi connectivity index (χ3n) is 16.7. The first-order valence-electron chi connectivity index (χ1n) is 26.6. The molecule has 0 heterocycles. The highest BCUT2D eigenvalue weighted by Gasteiger charge is 2.32. The van der Waals surface area contributed by atoms with Crippen molar-refractivity contribution in [3.05, 3.63) is 177 Å². The van der Waals surface area contributed by atoms with Crippen LogP contribution in [-0.4, -0.2) is 0 Å². The largest absolute Gasteiger partial charge is 0.0776 e. The number of fused-ring (bicyclic) bond motifs is 5. The molecule has 5 aromatic rings. The molecule has 398 valence electrons. The molecule has 0 nitrogen and oxygen atoms in total. The van der Waals surface area contributed by atoms with E-state index in [2.05, 4.69) is 204 Å². The summed E-state index contributed by atoms with van der Waals surface area (Å²) >= 11 is 0. The molecular formula is C71H114. The Bertz CT molecular complexity index is 2130. The molecule has 0 N–H and O–H groups in total. The minimum absolute atomic E-state index is 0. The first-order chi connectivity index (χ1) is 31.2. The number of benzene rings is 5. The molecule has 5 aromatic carbocycles. The van der Waals surface area contributed by atoms with Gasteiger partial charge in [0.05, 0.1) is 0 Å². The maximum absolute atomic E-state index is 2.38. The van der Waals surface area contributed by atoms with Crippen LogP contribution in [0.2, 0.25) is 0 Å². The van der Waals surface area contributed by atoms with E-state index in [1.807, 2.05) is 0 Å². The molecule has 5 aliphatic rings. The highest BCUT2D eigenvalue weighted by Crippen LogP contribution is 2.43. The lowest BCUT2D eigenvalue weighted by molar-refractivity contribution is 0.345. The summed E-state index contributed by atoms with van der Waals surface area (Å²) in [5, 5.41) is 0. The predicted octanol–water partition coefficient (Wildman–Crippen LogP) is 21.7. The molecule has 0 amide bonds. The van der Waals surface area contributed by atoms with Crippen LogP contribution < -0.4 is 0 Å². The van der Waals surface area contributed by atoms with Crippen LogP contribution >= 0.6 is 0 Å². The van der Waals surface area contributed by atoms with Crippen LogP contribution in [0.25, 0.3) is 0 Å². The number of aryl methyl sites for hydroxylation is 3. The van der Waals surface area contributed by atoms with Crippen molar-refractivity contribution in [3.63, 3.8) is 0 Å². The van der Waals surface area contributed by atoms with Crippen molar-refractivity contribution < 1.29 is 0 Å². The Kier molecular flexibility index (Phi) is 30.5. The van der Waals surface area contributed by atoms with Crippen molar-refractivity contribution in [1.29, 1.82) is 0 Å². The van der Waals surface area contributed by atoms with Crippen LogP contribution in [0.15, 0.2) is 121 Å². The third-order valence-corrected chi connectivity index (χ3v) is 16.7. The minimum atomic E-state index is 0.